The van der Waals surface area contributed by atoms with Gasteiger partial charge in [0.25, 0.3) is 0 Å². The Morgan fingerprint density at radius 2 is 1.84 bits per heavy atom. The Morgan fingerprint density at radius 3 is 2.37 bits per heavy atom. The SMILES string of the molecule is CC(C)C[C@H](N)C(=O)NC1CCCCC1C(C)(C)C. The van der Waals surface area contributed by atoms with Gasteiger partial charge >= 0.3 is 0 Å². The Morgan fingerprint density at radius 1 is 1.26 bits per heavy atom. The van der Waals surface area contributed by atoms with Crippen molar-refractivity contribution in [2.45, 2.75) is 78.8 Å². The molecule has 3 N–H and O–H groups in total. The first-order valence-corrected chi connectivity index (χ1v) is 7.77. The molecule has 0 aromatic rings. The van der Waals surface area contributed by atoms with Crippen LogP contribution in [0.4, 0.5) is 0 Å². The van der Waals surface area contributed by atoms with E-state index < -0.39 is 0 Å². The fourth-order valence-corrected chi connectivity index (χ4v) is 3.24. The molecular weight excluding hydrogens is 236 g/mol. The third-order valence-electron chi connectivity index (χ3n) is 4.27. The summed E-state index contributed by atoms with van der Waals surface area (Å²) >= 11 is 0. The van der Waals surface area contributed by atoms with Crippen LogP contribution in [0, 0.1) is 17.3 Å². The van der Waals surface area contributed by atoms with Gasteiger partial charge in [-0.25, -0.2) is 0 Å². The van der Waals surface area contributed by atoms with E-state index in [4.69, 9.17) is 5.73 Å². The van der Waals surface area contributed by atoms with Crippen LogP contribution in [-0.2, 0) is 4.79 Å². The van der Waals surface area contributed by atoms with Crippen LogP contribution in [0.5, 0.6) is 0 Å². The lowest BCUT2D eigenvalue weighted by Gasteiger charge is -2.41. The highest BCUT2D eigenvalue weighted by molar-refractivity contribution is 5.81. The molecule has 3 atom stereocenters. The van der Waals surface area contributed by atoms with Crippen molar-refractivity contribution in [2.24, 2.45) is 23.0 Å². The summed E-state index contributed by atoms with van der Waals surface area (Å²) in [6.07, 6.45) is 5.58. The molecule has 0 aromatic heterocycles. The van der Waals surface area contributed by atoms with E-state index in [1.165, 1.54) is 19.3 Å². The van der Waals surface area contributed by atoms with Crippen molar-refractivity contribution in [3.63, 3.8) is 0 Å². The van der Waals surface area contributed by atoms with Gasteiger partial charge in [-0.15, -0.1) is 0 Å². The maximum Gasteiger partial charge on any atom is 0.237 e. The molecule has 19 heavy (non-hydrogen) atoms. The van der Waals surface area contributed by atoms with Crippen LogP contribution in [0.1, 0.15) is 66.7 Å². The molecule has 0 aliphatic heterocycles. The number of carbonyl (C=O) groups is 1. The lowest BCUT2D eigenvalue weighted by Crippen LogP contribution is -2.51. The lowest BCUT2D eigenvalue weighted by atomic mass is 9.69. The Hall–Kier alpha value is -0.570. The zero-order valence-corrected chi connectivity index (χ0v) is 13.3. The molecule has 112 valence electrons. The molecular formula is C16H32N2O. The Bertz CT molecular complexity index is 294. The summed E-state index contributed by atoms with van der Waals surface area (Å²) in [7, 11) is 0. The van der Waals surface area contributed by atoms with Crippen molar-refractivity contribution in [2.75, 3.05) is 0 Å². The van der Waals surface area contributed by atoms with Gasteiger partial charge < -0.3 is 11.1 Å². The molecule has 0 spiro atoms. The third-order valence-corrected chi connectivity index (χ3v) is 4.27. The smallest absolute Gasteiger partial charge is 0.237 e. The summed E-state index contributed by atoms with van der Waals surface area (Å²) in [6, 6.07) is -0.0537. The summed E-state index contributed by atoms with van der Waals surface area (Å²) in [5.74, 6) is 1.07. The van der Waals surface area contributed by atoms with Gasteiger partial charge in [0.05, 0.1) is 6.04 Å². The average Bonchev–Trinajstić information content (AvgIpc) is 2.27. The number of hydrogen-bond donors (Lipinski definition) is 2. The van der Waals surface area contributed by atoms with Crippen molar-refractivity contribution in [3.8, 4) is 0 Å². The predicted octanol–water partition coefficient (Wildman–Crippen LogP) is 3.08. The second kappa shape index (κ2) is 6.74. The van der Waals surface area contributed by atoms with Gasteiger partial charge in [0, 0.05) is 6.04 Å². The summed E-state index contributed by atoms with van der Waals surface area (Å²) in [4.78, 5) is 12.2. The molecule has 3 nitrogen and oxygen atoms in total. The normalized spacial score (nSPS) is 26.3. The highest BCUT2D eigenvalue weighted by Gasteiger charge is 2.35. The summed E-state index contributed by atoms with van der Waals surface area (Å²) in [5, 5.41) is 3.22. The molecule has 0 aromatic carbocycles. The van der Waals surface area contributed by atoms with Crippen molar-refractivity contribution in [1.29, 1.82) is 0 Å². The Labute approximate surface area is 118 Å². The van der Waals surface area contributed by atoms with E-state index >= 15 is 0 Å². The molecule has 3 heteroatoms. The zero-order valence-electron chi connectivity index (χ0n) is 13.3. The van der Waals surface area contributed by atoms with Crippen molar-refractivity contribution < 1.29 is 4.79 Å². The van der Waals surface area contributed by atoms with E-state index in [1.54, 1.807) is 0 Å². The molecule has 1 rings (SSSR count). The molecule has 1 aliphatic rings. The second-order valence-corrected chi connectivity index (χ2v) is 7.61. The number of rotatable bonds is 4. The molecule has 1 aliphatic carbocycles. The summed E-state index contributed by atoms with van der Waals surface area (Å²) in [6.45, 7) is 11.0. The van der Waals surface area contributed by atoms with Gasteiger partial charge in [0.15, 0.2) is 0 Å². The first kappa shape index (κ1) is 16.5. The minimum Gasteiger partial charge on any atom is -0.352 e. The van der Waals surface area contributed by atoms with Crippen LogP contribution < -0.4 is 11.1 Å². The minimum atomic E-state index is -0.359. The molecule has 0 bridgehead atoms. The van der Waals surface area contributed by atoms with E-state index in [9.17, 15) is 4.79 Å². The Balaban J connectivity index is 2.60. The van der Waals surface area contributed by atoms with Gasteiger partial charge in [-0.2, -0.15) is 0 Å². The summed E-state index contributed by atoms with van der Waals surface area (Å²) in [5.41, 5.74) is 6.23. The van der Waals surface area contributed by atoms with E-state index in [-0.39, 0.29) is 17.4 Å². The standard InChI is InChI=1S/C16H32N2O/c1-11(2)10-13(17)15(19)18-14-9-7-6-8-12(14)16(3,4)5/h11-14H,6-10,17H2,1-5H3,(H,18,19)/t12?,13-,14?/m0/s1. The second-order valence-electron chi connectivity index (χ2n) is 7.61. The van der Waals surface area contributed by atoms with Crippen LogP contribution in [0.25, 0.3) is 0 Å². The fourth-order valence-electron chi connectivity index (χ4n) is 3.24. The van der Waals surface area contributed by atoms with Crippen molar-refractivity contribution in [3.05, 3.63) is 0 Å². The van der Waals surface area contributed by atoms with Gasteiger partial charge in [0.1, 0.15) is 0 Å². The number of amides is 1. The largest absolute Gasteiger partial charge is 0.352 e. The van der Waals surface area contributed by atoms with Crippen LogP contribution >= 0.6 is 0 Å². The molecule has 2 unspecified atom stereocenters. The molecule has 1 amide bonds. The topological polar surface area (TPSA) is 55.1 Å². The summed E-state index contributed by atoms with van der Waals surface area (Å²) < 4.78 is 0. The van der Waals surface area contributed by atoms with E-state index in [0.29, 0.717) is 17.9 Å². The molecule has 1 saturated carbocycles. The van der Waals surface area contributed by atoms with Crippen molar-refractivity contribution >= 4 is 5.91 Å². The van der Waals surface area contributed by atoms with E-state index in [1.807, 2.05) is 0 Å². The first-order valence-electron chi connectivity index (χ1n) is 7.77. The molecule has 0 saturated heterocycles. The fraction of sp³-hybridized carbons (Fsp3) is 0.938. The predicted molar refractivity (Wildman–Crippen MR) is 80.8 cm³/mol. The number of hydrogen-bond acceptors (Lipinski definition) is 2. The van der Waals surface area contributed by atoms with Gasteiger partial charge in [-0.1, -0.05) is 47.5 Å². The quantitative estimate of drug-likeness (QED) is 0.823. The van der Waals surface area contributed by atoms with E-state index in [0.717, 1.165) is 12.8 Å². The van der Waals surface area contributed by atoms with Crippen LogP contribution in [-0.4, -0.2) is 18.0 Å². The third kappa shape index (κ3) is 5.13. The number of carbonyl (C=O) groups excluding carboxylic acids is 1. The van der Waals surface area contributed by atoms with Gasteiger partial charge in [0.2, 0.25) is 5.91 Å². The zero-order chi connectivity index (χ0) is 14.6. The number of nitrogens with one attached hydrogen (secondary N) is 1. The highest BCUT2D eigenvalue weighted by atomic mass is 16.2. The number of nitrogens with two attached hydrogens (primary N) is 1. The lowest BCUT2D eigenvalue weighted by molar-refractivity contribution is -0.124. The van der Waals surface area contributed by atoms with Gasteiger partial charge in [-0.3, -0.25) is 4.79 Å². The highest BCUT2D eigenvalue weighted by Crippen LogP contribution is 2.38. The molecule has 1 fully saturated rings. The van der Waals surface area contributed by atoms with Crippen molar-refractivity contribution in [1.82, 2.24) is 5.32 Å². The van der Waals surface area contributed by atoms with Crippen LogP contribution in [0.2, 0.25) is 0 Å². The molecule has 0 heterocycles. The first-order chi connectivity index (χ1) is 8.71. The average molecular weight is 268 g/mol. The maximum atomic E-state index is 12.2. The maximum absolute atomic E-state index is 12.2. The van der Waals surface area contributed by atoms with Gasteiger partial charge in [-0.05, 0) is 36.5 Å². The minimum absolute atomic E-state index is 0.0369. The monoisotopic (exact) mass is 268 g/mol. The Kier molecular flexibility index (Phi) is 5.84. The van der Waals surface area contributed by atoms with E-state index in [2.05, 4.69) is 39.9 Å². The van der Waals surface area contributed by atoms with Crippen LogP contribution in [0.3, 0.4) is 0 Å². The molecule has 0 radical (unpaired) electrons. The van der Waals surface area contributed by atoms with Crippen LogP contribution in [0.15, 0.2) is 0 Å².